The Labute approximate surface area is 157 Å². The van der Waals surface area contributed by atoms with Gasteiger partial charge in [0.1, 0.15) is 11.6 Å². The number of para-hydroxylation sites is 3. The molecule has 27 heavy (non-hydrogen) atoms. The number of benzene rings is 2. The van der Waals surface area contributed by atoms with Gasteiger partial charge < -0.3 is 20.1 Å². The summed E-state index contributed by atoms with van der Waals surface area (Å²) in [5.74, 6) is 1.24. The molecule has 0 bridgehead atoms. The fourth-order valence-corrected chi connectivity index (χ4v) is 2.48. The highest BCUT2D eigenvalue weighted by atomic mass is 16.5. The molecule has 1 aromatic heterocycles. The molecule has 2 aromatic carbocycles. The van der Waals surface area contributed by atoms with E-state index in [1.54, 1.807) is 30.5 Å². The van der Waals surface area contributed by atoms with Gasteiger partial charge in [-0.3, -0.25) is 0 Å². The number of nitrogens with zero attached hydrogens (tertiary/aromatic N) is 2. The maximum atomic E-state index is 11.9. The molecule has 0 spiro atoms. The minimum atomic E-state index is -0.420. The summed E-state index contributed by atoms with van der Waals surface area (Å²) in [7, 11) is 1.35. The fraction of sp³-hybridized carbons (Fsp3) is 0.150. The average Bonchev–Trinajstić information content (AvgIpc) is 2.70. The molecule has 7 heteroatoms. The van der Waals surface area contributed by atoms with Gasteiger partial charge in [-0.1, -0.05) is 24.3 Å². The maximum Gasteiger partial charge on any atom is 0.339 e. The summed E-state index contributed by atoms with van der Waals surface area (Å²) in [6.07, 6.45) is 1.63. The molecule has 0 aliphatic carbocycles. The van der Waals surface area contributed by atoms with Crippen LogP contribution in [-0.2, 0) is 4.74 Å². The van der Waals surface area contributed by atoms with Crippen molar-refractivity contribution >= 4 is 29.1 Å². The minimum absolute atomic E-state index is 0.405. The van der Waals surface area contributed by atoms with Gasteiger partial charge in [0.15, 0.2) is 0 Å². The fourth-order valence-electron chi connectivity index (χ4n) is 2.48. The third-order valence-electron chi connectivity index (χ3n) is 3.68. The van der Waals surface area contributed by atoms with E-state index in [1.807, 2.05) is 37.3 Å². The molecule has 138 valence electrons. The van der Waals surface area contributed by atoms with Crippen LogP contribution in [0.3, 0.4) is 0 Å². The van der Waals surface area contributed by atoms with E-state index in [-0.39, 0.29) is 0 Å². The van der Waals surface area contributed by atoms with Crippen LogP contribution in [0.2, 0.25) is 0 Å². The lowest BCUT2D eigenvalue weighted by Gasteiger charge is -2.13. The Morgan fingerprint density at radius 2 is 1.74 bits per heavy atom. The zero-order chi connectivity index (χ0) is 19.1. The van der Waals surface area contributed by atoms with Crippen molar-refractivity contribution in [2.45, 2.75) is 6.92 Å². The normalized spacial score (nSPS) is 10.1. The molecule has 0 aliphatic heterocycles. The largest absolute Gasteiger partial charge is 0.492 e. The first-order chi connectivity index (χ1) is 13.2. The van der Waals surface area contributed by atoms with Crippen LogP contribution >= 0.6 is 0 Å². The van der Waals surface area contributed by atoms with Crippen molar-refractivity contribution in [1.29, 1.82) is 0 Å². The zero-order valence-electron chi connectivity index (χ0n) is 15.1. The second-order valence-corrected chi connectivity index (χ2v) is 5.48. The van der Waals surface area contributed by atoms with Gasteiger partial charge >= 0.3 is 5.97 Å². The number of anilines is 4. The summed E-state index contributed by atoms with van der Waals surface area (Å²) < 4.78 is 10.4. The van der Waals surface area contributed by atoms with Crippen molar-refractivity contribution in [2.24, 2.45) is 0 Å². The summed E-state index contributed by atoms with van der Waals surface area (Å²) in [5.41, 5.74) is 1.80. The lowest BCUT2D eigenvalue weighted by atomic mass is 10.2. The third-order valence-corrected chi connectivity index (χ3v) is 3.68. The topological polar surface area (TPSA) is 85.4 Å². The number of hydrogen-bond acceptors (Lipinski definition) is 7. The van der Waals surface area contributed by atoms with Gasteiger partial charge in [0, 0.05) is 6.20 Å². The first kappa shape index (κ1) is 18.2. The van der Waals surface area contributed by atoms with E-state index in [9.17, 15) is 4.79 Å². The van der Waals surface area contributed by atoms with Gasteiger partial charge in [-0.25, -0.2) is 9.78 Å². The number of rotatable bonds is 7. The van der Waals surface area contributed by atoms with E-state index in [0.717, 1.165) is 11.4 Å². The van der Waals surface area contributed by atoms with E-state index in [4.69, 9.17) is 9.47 Å². The van der Waals surface area contributed by atoms with Gasteiger partial charge in [-0.2, -0.15) is 4.98 Å². The van der Waals surface area contributed by atoms with E-state index in [1.165, 1.54) is 7.11 Å². The highest BCUT2D eigenvalue weighted by Crippen LogP contribution is 2.27. The average molecular weight is 364 g/mol. The Balaban J connectivity index is 1.82. The van der Waals surface area contributed by atoms with Crippen LogP contribution in [0.15, 0.2) is 60.8 Å². The maximum absolute atomic E-state index is 11.9. The van der Waals surface area contributed by atoms with Crippen molar-refractivity contribution < 1.29 is 14.3 Å². The van der Waals surface area contributed by atoms with E-state index in [0.29, 0.717) is 29.6 Å². The number of esters is 1. The first-order valence-electron chi connectivity index (χ1n) is 8.47. The number of methoxy groups -OCH3 is 1. The van der Waals surface area contributed by atoms with Crippen molar-refractivity contribution in [3.05, 3.63) is 66.4 Å². The van der Waals surface area contributed by atoms with Gasteiger partial charge in [0.05, 0.1) is 30.7 Å². The quantitative estimate of drug-likeness (QED) is 0.609. The van der Waals surface area contributed by atoms with Crippen LogP contribution in [-0.4, -0.2) is 29.7 Å². The van der Waals surface area contributed by atoms with Crippen molar-refractivity contribution in [3.8, 4) is 5.75 Å². The standard InChI is InChI=1S/C20H20N4O3/c1-3-27-17-11-7-6-10-16(17)23-20-21-13-12-18(24-20)22-15-9-5-4-8-14(15)19(25)26-2/h4-13H,3H2,1-2H3,(H2,21,22,23,24). The Bertz CT molecular complexity index is 930. The van der Waals surface area contributed by atoms with E-state index < -0.39 is 5.97 Å². The number of hydrogen-bond donors (Lipinski definition) is 2. The molecule has 0 aliphatic rings. The Kier molecular flexibility index (Phi) is 5.84. The van der Waals surface area contributed by atoms with E-state index >= 15 is 0 Å². The summed E-state index contributed by atoms with van der Waals surface area (Å²) in [6, 6.07) is 16.4. The van der Waals surface area contributed by atoms with Crippen LogP contribution in [0.25, 0.3) is 0 Å². The molecule has 0 unspecified atom stereocenters. The first-order valence-corrected chi connectivity index (χ1v) is 8.47. The van der Waals surface area contributed by atoms with E-state index in [2.05, 4.69) is 20.6 Å². The smallest absolute Gasteiger partial charge is 0.339 e. The predicted octanol–water partition coefficient (Wildman–Crippen LogP) is 4.15. The molecule has 0 amide bonds. The second kappa shape index (κ2) is 8.66. The summed E-state index contributed by atoms with van der Waals surface area (Å²) in [6.45, 7) is 2.49. The van der Waals surface area contributed by atoms with Gasteiger partial charge in [0.25, 0.3) is 0 Å². The van der Waals surface area contributed by atoms with Gasteiger partial charge in [-0.15, -0.1) is 0 Å². The van der Waals surface area contributed by atoms with Crippen LogP contribution in [0.1, 0.15) is 17.3 Å². The molecule has 2 N–H and O–H groups in total. The summed E-state index contributed by atoms with van der Waals surface area (Å²) in [5, 5.41) is 6.28. The van der Waals surface area contributed by atoms with Gasteiger partial charge in [-0.05, 0) is 37.3 Å². The van der Waals surface area contributed by atoms with Crippen LogP contribution in [0.5, 0.6) is 5.75 Å². The molecule has 0 atom stereocenters. The lowest BCUT2D eigenvalue weighted by Crippen LogP contribution is -2.07. The van der Waals surface area contributed by atoms with Crippen molar-refractivity contribution in [3.63, 3.8) is 0 Å². The summed E-state index contributed by atoms with van der Waals surface area (Å²) in [4.78, 5) is 20.6. The van der Waals surface area contributed by atoms with Crippen LogP contribution < -0.4 is 15.4 Å². The van der Waals surface area contributed by atoms with Crippen molar-refractivity contribution in [1.82, 2.24) is 9.97 Å². The molecule has 3 rings (SSSR count). The number of ether oxygens (including phenoxy) is 2. The molecular formula is C20H20N4O3. The Hall–Kier alpha value is -3.61. The molecular weight excluding hydrogens is 344 g/mol. The minimum Gasteiger partial charge on any atom is -0.492 e. The predicted molar refractivity (Wildman–Crippen MR) is 104 cm³/mol. The molecule has 3 aromatic rings. The Morgan fingerprint density at radius 1 is 1.00 bits per heavy atom. The molecule has 0 fully saturated rings. The number of nitrogens with one attached hydrogen (secondary N) is 2. The second-order valence-electron chi connectivity index (χ2n) is 5.48. The number of aromatic nitrogens is 2. The SMILES string of the molecule is CCOc1ccccc1Nc1nccc(Nc2ccccc2C(=O)OC)n1. The zero-order valence-corrected chi connectivity index (χ0v) is 15.1. The number of carbonyl (C=O) groups excluding carboxylic acids is 1. The molecule has 7 nitrogen and oxygen atoms in total. The number of carbonyl (C=O) groups is 1. The van der Waals surface area contributed by atoms with Crippen molar-refractivity contribution in [2.75, 3.05) is 24.4 Å². The van der Waals surface area contributed by atoms with Crippen LogP contribution in [0, 0.1) is 0 Å². The molecule has 1 heterocycles. The van der Waals surface area contributed by atoms with Gasteiger partial charge in [0.2, 0.25) is 5.95 Å². The van der Waals surface area contributed by atoms with Crippen LogP contribution in [0.4, 0.5) is 23.1 Å². The highest BCUT2D eigenvalue weighted by Gasteiger charge is 2.12. The summed E-state index contributed by atoms with van der Waals surface area (Å²) >= 11 is 0. The molecule has 0 saturated carbocycles. The lowest BCUT2D eigenvalue weighted by molar-refractivity contribution is 0.0602. The third kappa shape index (κ3) is 4.52. The Morgan fingerprint density at radius 3 is 2.52 bits per heavy atom. The highest BCUT2D eigenvalue weighted by molar-refractivity contribution is 5.96. The molecule has 0 radical (unpaired) electrons. The molecule has 0 saturated heterocycles. The monoisotopic (exact) mass is 364 g/mol.